The van der Waals surface area contributed by atoms with Crippen LogP contribution in [-0.2, 0) is 18.3 Å². The van der Waals surface area contributed by atoms with E-state index in [2.05, 4.69) is 5.10 Å². The molecule has 134 valence electrons. The topological polar surface area (TPSA) is 67.6 Å². The second-order valence-electron chi connectivity index (χ2n) is 6.92. The summed E-state index contributed by atoms with van der Waals surface area (Å²) in [6, 6.07) is 7.74. The van der Waals surface area contributed by atoms with Crippen molar-refractivity contribution in [2.45, 2.75) is 31.8 Å². The first kappa shape index (κ1) is 17.5. The van der Waals surface area contributed by atoms with E-state index in [0.29, 0.717) is 32.4 Å². The van der Waals surface area contributed by atoms with E-state index >= 15 is 0 Å². The largest absolute Gasteiger partial charge is 0.491 e. The fourth-order valence-electron chi connectivity index (χ4n) is 3.12. The fraction of sp³-hybridized carbons (Fsp3) is 0.474. The van der Waals surface area contributed by atoms with Crippen LogP contribution >= 0.6 is 0 Å². The van der Waals surface area contributed by atoms with E-state index < -0.39 is 5.60 Å². The van der Waals surface area contributed by atoms with Gasteiger partial charge in [0.2, 0.25) is 5.91 Å². The molecule has 1 aliphatic rings. The molecule has 0 spiro atoms. The smallest absolute Gasteiger partial charge is 0.223 e. The minimum Gasteiger partial charge on any atom is -0.491 e. The van der Waals surface area contributed by atoms with Crippen LogP contribution in [0.5, 0.6) is 5.75 Å². The van der Waals surface area contributed by atoms with Crippen molar-refractivity contribution in [3.05, 3.63) is 47.8 Å². The lowest BCUT2D eigenvalue weighted by Crippen LogP contribution is -2.40. The van der Waals surface area contributed by atoms with Gasteiger partial charge in [0.05, 0.1) is 12.7 Å². The van der Waals surface area contributed by atoms with Crippen molar-refractivity contribution in [3.63, 3.8) is 0 Å². The van der Waals surface area contributed by atoms with Gasteiger partial charge >= 0.3 is 0 Å². The lowest BCUT2D eigenvalue weighted by atomic mass is 10.1. The van der Waals surface area contributed by atoms with E-state index in [4.69, 9.17) is 4.74 Å². The summed E-state index contributed by atoms with van der Waals surface area (Å²) in [5.41, 5.74) is 1.18. The number of aryl methyl sites for hydroxylation is 3. The second kappa shape index (κ2) is 7.27. The Bertz CT molecular complexity index is 743. The Labute approximate surface area is 148 Å². The molecule has 1 aliphatic heterocycles. The van der Waals surface area contributed by atoms with E-state index in [1.807, 2.05) is 44.4 Å². The molecule has 0 radical (unpaired) electrons. The highest BCUT2D eigenvalue weighted by molar-refractivity contribution is 5.76. The maximum atomic E-state index is 12.4. The first-order valence-electron chi connectivity index (χ1n) is 8.61. The van der Waals surface area contributed by atoms with Crippen LogP contribution < -0.4 is 4.74 Å². The normalized spacial score (nSPS) is 20.0. The fourth-order valence-corrected chi connectivity index (χ4v) is 3.12. The van der Waals surface area contributed by atoms with Gasteiger partial charge in [0, 0.05) is 26.2 Å². The number of nitrogens with zero attached hydrogens (tertiary/aromatic N) is 3. The first-order chi connectivity index (χ1) is 11.9. The van der Waals surface area contributed by atoms with E-state index in [9.17, 15) is 9.90 Å². The van der Waals surface area contributed by atoms with Gasteiger partial charge in [-0.05, 0) is 43.0 Å². The van der Waals surface area contributed by atoms with Gasteiger partial charge in [-0.25, -0.2) is 0 Å². The predicted molar refractivity (Wildman–Crippen MR) is 94.3 cm³/mol. The van der Waals surface area contributed by atoms with Crippen molar-refractivity contribution in [1.82, 2.24) is 14.7 Å². The molecule has 1 aromatic carbocycles. The van der Waals surface area contributed by atoms with Gasteiger partial charge in [-0.1, -0.05) is 12.1 Å². The number of likely N-dealkylation sites (tertiary alicyclic amines) is 1. The second-order valence-corrected chi connectivity index (χ2v) is 6.92. The Balaban J connectivity index is 1.48. The third-order valence-electron chi connectivity index (χ3n) is 4.57. The number of β-amino-alcohol motifs (C(OH)–C–C–N with tert-alkyl or cyclic N) is 1. The van der Waals surface area contributed by atoms with Gasteiger partial charge in [-0.2, -0.15) is 5.10 Å². The summed E-state index contributed by atoms with van der Waals surface area (Å²) in [7, 11) is 1.86. The van der Waals surface area contributed by atoms with E-state index in [0.717, 1.165) is 16.9 Å². The predicted octanol–water partition coefficient (Wildman–Crippen LogP) is 1.70. The maximum Gasteiger partial charge on any atom is 0.223 e. The Morgan fingerprint density at radius 2 is 2.28 bits per heavy atom. The number of aliphatic hydroxyl groups is 1. The van der Waals surface area contributed by atoms with Gasteiger partial charge in [0.15, 0.2) is 0 Å². The molecule has 2 aromatic rings. The molecule has 1 amide bonds. The number of aromatic nitrogens is 2. The lowest BCUT2D eigenvalue weighted by Gasteiger charge is -2.23. The van der Waals surface area contributed by atoms with Gasteiger partial charge in [-0.15, -0.1) is 0 Å². The van der Waals surface area contributed by atoms with Crippen molar-refractivity contribution in [2.24, 2.45) is 7.05 Å². The van der Waals surface area contributed by atoms with Crippen LogP contribution in [0.4, 0.5) is 0 Å². The van der Waals surface area contributed by atoms with Gasteiger partial charge in [-0.3, -0.25) is 9.48 Å². The molecule has 0 saturated carbocycles. The maximum absolute atomic E-state index is 12.4. The molecule has 2 heterocycles. The Morgan fingerprint density at radius 1 is 1.44 bits per heavy atom. The number of benzene rings is 1. The molecule has 25 heavy (non-hydrogen) atoms. The average Bonchev–Trinajstić information content (AvgIpc) is 3.18. The summed E-state index contributed by atoms with van der Waals surface area (Å²) >= 11 is 0. The van der Waals surface area contributed by atoms with Crippen LogP contribution in [-0.4, -0.2) is 51.0 Å². The van der Waals surface area contributed by atoms with E-state index in [1.54, 1.807) is 15.8 Å². The number of amides is 1. The number of carbonyl (C=O) groups is 1. The minimum absolute atomic E-state index is 0.0651. The van der Waals surface area contributed by atoms with Gasteiger partial charge in [0.1, 0.15) is 18.0 Å². The van der Waals surface area contributed by atoms with Gasteiger partial charge < -0.3 is 14.7 Å². The number of hydrogen-bond donors (Lipinski definition) is 1. The third-order valence-corrected chi connectivity index (χ3v) is 4.57. The monoisotopic (exact) mass is 343 g/mol. The van der Waals surface area contributed by atoms with Crippen LogP contribution in [0.15, 0.2) is 36.7 Å². The summed E-state index contributed by atoms with van der Waals surface area (Å²) in [6.45, 7) is 3.09. The summed E-state index contributed by atoms with van der Waals surface area (Å²) in [6.07, 6.45) is 5.34. The summed E-state index contributed by atoms with van der Waals surface area (Å²) in [5, 5.41) is 14.8. The molecule has 6 nitrogen and oxygen atoms in total. The van der Waals surface area contributed by atoms with Crippen LogP contribution in [0, 0.1) is 6.92 Å². The molecule has 6 heteroatoms. The summed E-state index contributed by atoms with van der Waals surface area (Å²) < 4.78 is 7.47. The van der Waals surface area contributed by atoms with Crippen LogP contribution in [0.3, 0.4) is 0 Å². The zero-order chi connectivity index (χ0) is 17.9. The van der Waals surface area contributed by atoms with Gasteiger partial charge in [0.25, 0.3) is 0 Å². The van der Waals surface area contributed by atoms with Crippen LogP contribution in [0.25, 0.3) is 0 Å². The van der Waals surface area contributed by atoms with E-state index in [1.165, 1.54) is 0 Å². The molecule has 1 aromatic heterocycles. The third kappa shape index (κ3) is 4.60. The zero-order valence-corrected chi connectivity index (χ0v) is 14.8. The first-order valence-corrected chi connectivity index (χ1v) is 8.61. The zero-order valence-electron chi connectivity index (χ0n) is 14.8. The molecule has 3 rings (SSSR count). The average molecular weight is 343 g/mol. The highest BCUT2D eigenvalue weighted by atomic mass is 16.5. The van der Waals surface area contributed by atoms with E-state index in [-0.39, 0.29) is 12.5 Å². The standard InChI is InChI=1S/C19H25N3O3/c1-15-4-3-5-17(10-15)25-14-19(24)8-9-22(13-19)18(23)7-6-16-11-20-21(2)12-16/h3-5,10-12,24H,6-9,13-14H2,1-2H3. The highest BCUT2D eigenvalue weighted by Crippen LogP contribution is 2.24. The van der Waals surface area contributed by atoms with Crippen molar-refractivity contribution in [1.29, 1.82) is 0 Å². The Hall–Kier alpha value is -2.34. The molecule has 1 unspecified atom stereocenters. The molecular weight excluding hydrogens is 318 g/mol. The van der Waals surface area contributed by atoms with Crippen molar-refractivity contribution >= 4 is 5.91 Å². The Kier molecular flexibility index (Phi) is 5.08. The molecule has 1 saturated heterocycles. The quantitative estimate of drug-likeness (QED) is 0.867. The number of carbonyl (C=O) groups excluding carboxylic acids is 1. The Morgan fingerprint density at radius 3 is 3.00 bits per heavy atom. The van der Waals surface area contributed by atoms with Crippen molar-refractivity contribution in [3.8, 4) is 5.75 Å². The number of rotatable bonds is 6. The molecule has 1 N–H and O–H groups in total. The summed E-state index contributed by atoms with van der Waals surface area (Å²) in [5.74, 6) is 0.810. The molecule has 0 bridgehead atoms. The molecule has 0 aliphatic carbocycles. The minimum atomic E-state index is -0.978. The summed E-state index contributed by atoms with van der Waals surface area (Å²) in [4.78, 5) is 14.1. The molecule has 1 atom stereocenters. The lowest BCUT2D eigenvalue weighted by molar-refractivity contribution is -0.131. The van der Waals surface area contributed by atoms with Crippen LogP contribution in [0.1, 0.15) is 24.0 Å². The SMILES string of the molecule is Cc1cccc(OCC2(O)CCN(C(=O)CCc3cnn(C)c3)C2)c1. The molecule has 1 fully saturated rings. The number of ether oxygens (including phenoxy) is 1. The highest BCUT2D eigenvalue weighted by Gasteiger charge is 2.38. The van der Waals surface area contributed by atoms with Crippen LogP contribution in [0.2, 0.25) is 0 Å². The number of hydrogen-bond acceptors (Lipinski definition) is 4. The van der Waals surface area contributed by atoms with Crippen molar-refractivity contribution < 1.29 is 14.6 Å². The molecular formula is C19H25N3O3. The van der Waals surface area contributed by atoms with Crippen molar-refractivity contribution in [2.75, 3.05) is 19.7 Å².